The molecule has 7 nitrogen and oxygen atoms in total. The quantitative estimate of drug-likeness (QED) is 0.226. The van der Waals surface area contributed by atoms with Crippen LogP contribution in [0.2, 0.25) is 0 Å². The van der Waals surface area contributed by atoms with E-state index in [-0.39, 0.29) is 23.1 Å². The van der Waals surface area contributed by atoms with Gasteiger partial charge in [-0.3, -0.25) is 10.1 Å². The Balaban J connectivity index is 1.36. The molecule has 5 aromatic rings. The average molecular weight is 520 g/mol. The van der Waals surface area contributed by atoms with Crippen molar-refractivity contribution < 1.29 is 9.21 Å². The molecule has 8 heteroatoms. The number of nitriles is 1. The number of thioether (sulfide) groups is 1. The molecule has 1 amide bonds. The lowest BCUT2D eigenvalue weighted by molar-refractivity contribution is -0.113. The molecule has 188 valence electrons. The molecule has 0 aliphatic rings. The van der Waals surface area contributed by atoms with Gasteiger partial charge in [0.1, 0.15) is 23.2 Å². The van der Waals surface area contributed by atoms with E-state index in [9.17, 15) is 10.1 Å². The number of amides is 1. The van der Waals surface area contributed by atoms with Crippen molar-refractivity contribution in [3.8, 4) is 28.5 Å². The van der Waals surface area contributed by atoms with Crippen molar-refractivity contribution in [2.45, 2.75) is 25.0 Å². The topological polar surface area (TPSA) is 96.7 Å². The van der Waals surface area contributed by atoms with Crippen LogP contribution in [0.3, 0.4) is 0 Å². The average Bonchev–Trinajstić information content (AvgIpc) is 3.53. The highest BCUT2D eigenvalue weighted by molar-refractivity contribution is 7.99. The van der Waals surface area contributed by atoms with Crippen LogP contribution in [0.25, 0.3) is 22.5 Å². The maximum Gasteiger partial charge on any atom is 0.237 e. The van der Waals surface area contributed by atoms with Crippen LogP contribution in [0.5, 0.6) is 0 Å². The van der Waals surface area contributed by atoms with Crippen molar-refractivity contribution in [2.75, 3.05) is 11.1 Å². The van der Waals surface area contributed by atoms with Crippen LogP contribution in [0.4, 0.5) is 5.88 Å². The molecule has 0 fully saturated rings. The molecule has 38 heavy (non-hydrogen) atoms. The van der Waals surface area contributed by atoms with Crippen LogP contribution in [0.1, 0.15) is 23.9 Å². The monoisotopic (exact) mass is 519 g/mol. The third kappa shape index (κ3) is 5.38. The first-order valence-electron chi connectivity index (χ1n) is 12.2. The molecule has 2 heterocycles. The number of nitrogens with one attached hydrogen (secondary N) is 1. The van der Waals surface area contributed by atoms with E-state index in [0.717, 1.165) is 22.5 Å². The van der Waals surface area contributed by atoms with Gasteiger partial charge in [-0.05, 0) is 18.1 Å². The Morgan fingerprint density at radius 3 is 2.21 bits per heavy atom. The van der Waals surface area contributed by atoms with Gasteiger partial charge >= 0.3 is 0 Å². The van der Waals surface area contributed by atoms with Crippen molar-refractivity contribution in [1.82, 2.24) is 14.8 Å². The van der Waals surface area contributed by atoms with Gasteiger partial charge in [0.15, 0.2) is 5.16 Å². The number of nitrogens with zero attached hydrogens (tertiary/aromatic N) is 4. The van der Waals surface area contributed by atoms with Gasteiger partial charge in [-0.25, -0.2) is 0 Å². The number of carbonyl (C=O) groups excluding carboxylic acids is 1. The minimum atomic E-state index is -0.297. The molecule has 0 atom stereocenters. The normalized spacial score (nSPS) is 10.7. The minimum Gasteiger partial charge on any atom is -0.438 e. The van der Waals surface area contributed by atoms with Crippen LogP contribution >= 0.6 is 11.8 Å². The highest BCUT2D eigenvalue weighted by atomic mass is 32.2. The van der Waals surface area contributed by atoms with E-state index in [2.05, 4.69) is 33.7 Å². The molecule has 0 aliphatic carbocycles. The molecule has 1 N–H and O–H groups in total. The lowest BCUT2D eigenvalue weighted by Gasteiger charge is -2.07. The van der Waals surface area contributed by atoms with Gasteiger partial charge in [-0.2, -0.15) is 5.26 Å². The molecule has 0 radical (unpaired) electrons. The number of rotatable bonds is 9. The Morgan fingerprint density at radius 2 is 1.58 bits per heavy atom. The second-order valence-electron chi connectivity index (χ2n) is 8.50. The molecule has 0 spiro atoms. The summed E-state index contributed by atoms with van der Waals surface area (Å²) in [5.41, 5.74) is 3.74. The van der Waals surface area contributed by atoms with Gasteiger partial charge in [0.25, 0.3) is 0 Å². The predicted octanol–water partition coefficient (Wildman–Crippen LogP) is 6.42. The fourth-order valence-corrected chi connectivity index (χ4v) is 5.07. The second-order valence-corrected chi connectivity index (χ2v) is 9.44. The Bertz CT molecular complexity index is 1570. The zero-order valence-corrected chi connectivity index (χ0v) is 21.6. The molecule has 3 aromatic carbocycles. The summed E-state index contributed by atoms with van der Waals surface area (Å²) in [7, 11) is 0. The molecule has 2 aromatic heterocycles. The molecular weight excluding hydrogens is 494 g/mol. The van der Waals surface area contributed by atoms with Crippen LogP contribution in [0, 0.1) is 11.3 Å². The van der Waals surface area contributed by atoms with Crippen molar-refractivity contribution in [1.29, 1.82) is 5.26 Å². The Labute approximate surface area is 225 Å². The molecule has 0 saturated heterocycles. The number of carbonyl (C=O) groups is 1. The van der Waals surface area contributed by atoms with E-state index in [1.807, 2.05) is 90.4 Å². The standard InChI is InChI=1S/C30H25N5O2S/c1-2-35-25(18-21-12-6-3-7-13-21)33-34-30(35)38-20-26(36)32-29-24(19-31)27(22-14-8-4-9-15-22)28(37-29)23-16-10-5-11-17-23/h3-17H,2,18,20H2,1H3,(H,32,36). The number of hydrogen-bond donors (Lipinski definition) is 1. The fourth-order valence-electron chi connectivity index (χ4n) is 4.24. The summed E-state index contributed by atoms with van der Waals surface area (Å²) in [6, 6.07) is 31.5. The van der Waals surface area contributed by atoms with Gasteiger partial charge in [0.05, 0.1) is 5.75 Å². The number of furan rings is 1. The van der Waals surface area contributed by atoms with Gasteiger partial charge in [-0.1, -0.05) is 103 Å². The third-order valence-corrected chi connectivity index (χ3v) is 6.99. The molecule has 0 saturated carbocycles. The fraction of sp³-hybridized carbons (Fsp3) is 0.133. The second kappa shape index (κ2) is 11.6. The van der Waals surface area contributed by atoms with Crippen molar-refractivity contribution in [3.05, 3.63) is 108 Å². The van der Waals surface area contributed by atoms with Gasteiger partial charge in [0.2, 0.25) is 11.8 Å². The number of aromatic nitrogens is 3. The van der Waals surface area contributed by atoms with E-state index in [1.54, 1.807) is 0 Å². The number of benzene rings is 3. The smallest absolute Gasteiger partial charge is 0.237 e. The molecule has 0 unspecified atom stereocenters. The number of hydrogen-bond acceptors (Lipinski definition) is 6. The molecule has 0 aliphatic heterocycles. The first-order valence-corrected chi connectivity index (χ1v) is 13.2. The van der Waals surface area contributed by atoms with Crippen molar-refractivity contribution >= 4 is 23.6 Å². The van der Waals surface area contributed by atoms with Crippen molar-refractivity contribution in [3.63, 3.8) is 0 Å². The summed E-state index contributed by atoms with van der Waals surface area (Å²) in [4.78, 5) is 13.0. The third-order valence-electron chi connectivity index (χ3n) is 6.02. The van der Waals surface area contributed by atoms with E-state index in [4.69, 9.17) is 4.42 Å². The van der Waals surface area contributed by atoms with Gasteiger partial charge in [-0.15, -0.1) is 10.2 Å². The first-order chi connectivity index (χ1) is 18.7. The predicted molar refractivity (Wildman–Crippen MR) is 149 cm³/mol. The maximum absolute atomic E-state index is 13.0. The lowest BCUT2D eigenvalue weighted by atomic mass is 9.98. The van der Waals surface area contributed by atoms with Crippen LogP contribution in [-0.4, -0.2) is 26.4 Å². The number of anilines is 1. The largest absolute Gasteiger partial charge is 0.438 e. The van der Waals surface area contributed by atoms with Gasteiger partial charge < -0.3 is 8.98 Å². The van der Waals surface area contributed by atoms with Crippen LogP contribution in [0.15, 0.2) is 101 Å². The highest BCUT2D eigenvalue weighted by Crippen LogP contribution is 2.41. The van der Waals surface area contributed by atoms with Crippen LogP contribution < -0.4 is 5.32 Å². The SMILES string of the molecule is CCn1c(Cc2ccccc2)nnc1SCC(=O)Nc1oc(-c2ccccc2)c(-c2ccccc2)c1C#N. The first kappa shape index (κ1) is 25.1. The summed E-state index contributed by atoms with van der Waals surface area (Å²) < 4.78 is 8.13. The van der Waals surface area contributed by atoms with Gasteiger partial charge in [0, 0.05) is 24.1 Å². The summed E-state index contributed by atoms with van der Waals surface area (Å²) >= 11 is 1.30. The minimum absolute atomic E-state index is 0.0936. The highest BCUT2D eigenvalue weighted by Gasteiger charge is 2.24. The van der Waals surface area contributed by atoms with E-state index in [0.29, 0.717) is 29.4 Å². The zero-order valence-electron chi connectivity index (χ0n) is 20.8. The Hall–Kier alpha value is -4.61. The summed E-state index contributed by atoms with van der Waals surface area (Å²) in [5, 5.41) is 22.2. The van der Waals surface area contributed by atoms with E-state index < -0.39 is 0 Å². The molecule has 0 bridgehead atoms. The summed E-state index contributed by atoms with van der Waals surface area (Å²) in [6.07, 6.45) is 0.664. The Kier molecular flexibility index (Phi) is 7.67. The summed E-state index contributed by atoms with van der Waals surface area (Å²) in [5.74, 6) is 1.32. The van der Waals surface area contributed by atoms with Crippen molar-refractivity contribution in [2.24, 2.45) is 0 Å². The maximum atomic E-state index is 13.0. The Morgan fingerprint density at radius 1 is 0.947 bits per heavy atom. The van der Waals surface area contributed by atoms with E-state index >= 15 is 0 Å². The molecule has 5 rings (SSSR count). The molecular formula is C30H25N5O2S. The summed E-state index contributed by atoms with van der Waals surface area (Å²) in [6.45, 7) is 2.72. The lowest BCUT2D eigenvalue weighted by Crippen LogP contribution is -2.15. The van der Waals surface area contributed by atoms with Crippen LogP contribution in [-0.2, 0) is 17.8 Å². The van der Waals surface area contributed by atoms with E-state index in [1.165, 1.54) is 11.8 Å². The zero-order chi connectivity index (χ0) is 26.3.